The first kappa shape index (κ1) is 12.0. The molecule has 1 aliphatic rings. The van der Waals surface area contributed by atoms with E-state index in [-0.39, 0.29) is 0 Å². The maximum absolute atomic E-state index is 5.49. The van der Waals surface area contributed by atoms with Crippen LogP contribution >= 0.6 is 0 Å². The largest absolute Gasteiger partial charge is 0.330 e. The molecule has 1 heterocycles. The van der Waals surface area contributed by atoms with E-state index in [2.05, 4.69) is 30.8 Å². The first-order chi connectivity index (χ1) is 6.65. The van der Waals surface area contributed by atoms with Gasteiger partial charge in [-0.1, -0.05) is 6.92 Å². The Labute approximate surface area is 88.2 Å². The van der Waals surface area contributed by atoms with Crippen molar-refractivity contribution < 1.29 is 0 Å². The second-order valence-electron chi connectivity index (χ2n) is 4.76. The van der Waals surface area contributed by atoms with Crippen molar-refractivity contribution in [2.24, 2.45) is 11.7 Å². The van der Waals surface area contributed by atoms with Gasteiger partial charge in [0.2, 0.25) is 0 Å². The summed E-state index contributed by atoms with van der Waals surface area (Å²) in [6, 6.07) is 0.743. The summed E-state index contributed by atoms with van der Waals surface area (Å²) in [6.07, 6.45) is 2.42. The summed E-state index contributed by atoms with van der Waals surface area (Å²) < 4.78 is 0. The molecule has 0 aromatic rings. The van der Waals surface area contributed by atoms with Gasteiger partial charge in [0.1, 0.15) is 0 Å². The maximum atomic E-state index is 5.49. The third kappa shape index (κ3) is 3.23. The second-order valence-corrected chi connectivity index (χ2v) is 4.76. The monoisotopic (exact) mass is 199 g/mol. The average Bonchev–Trinajstić information content (AvgIpc) is 2.47. The zero-order valence-electron chi connectivity index (χ0n) is 9.87. The molecule has 0 aliphatic carbocycles. The molecule has 0 aromatic carbocycles. The fourth-order valence-corrected chi connectivity index (χ4v) is 2.38. The van der Waals surface area contributed by atoms with Crippen LogP contribution in [0.15, 0.2) is 0 Å². The fraction of sp³-hybridized carbons (Fsp3) is 1.00. The van der Waals surface area contributed by atoms with Gasteiger partial charge in [0.25, 0.3) is 0 Å². The Morgan fingerprint density at radius 1 is 1.29 bits per heavy atom. The third-order valence-electron chi connectivity index (χ3n) is 3.24. The van der Waals surface area contributed by atoms with Crippen LogP contribution in [0, 0.1) is 5.92 Å². The Morgan fingerprint density at radius 3 is 2.50 bits per heavy atom. The molecular weight excluding hydrogens is 174 g/mol. The van der Waals surface area contributed by atoms with Crippen molar-refractivity contribution in [3.05, 3.63) is 0 Å². The van der Waals surface area contributed by atoms with E-state index in [1.165, 1.54) is 26.1 Å². The summed E-state index contributed by atoms with van der Waals surface area (Å²) >= 11 is 0. The van der Waals surface area contributed by atoms with Gasteiger partial charge in [0.05, 0.1) is 0 Å². The smallest absolute Gasteiger partial charge is 0.0254 e. The molecule has 0 radical (unpaired) electrons. The van der Waals surface area contributed by atoms with Crippen molar-refractivity contribution >= 4 is 0 Å². The lowest BCUT2D eigenvalue weighted by atomic mass is 10.1. The predicted octanol–water partition coefficient (Wildman–Crippen LogP) is 0.607. The van der Waals surface area contributed by atoms with Crippen molar-refractivity contribution in [2.75, 3.05) is 40.3 Å². The molecule has 0 bridgehead atoms. The highest BCUT2D eigenvalue weighted by molar-refractivity contribution is 4.86. The van der Waals surface area contributed by atoms with Crippen LogP contribution in [0.1, 0.15) is 19.8 Å². The first-order valence-corrected chi connectivity index (χ1v) is 5.74. The van der Waals surface area contributed by atoms with Gasteiger partial charge in [-0.15, -0.1) is 0 Å². The van der Waals surface area contributed by atoms with Gasteiger partial charge < -0.3 is 15.5 Å². The molecule has 2 atom stereocenters. The molecule has 1 rings (SSSR count). The molecule has 84 valence electrons. The van der Waals surface area contributed by atoms with Crippen molar-refractivity contribution in [1.29, 1.82) is 0 Å². The van der Waals surface area contributed by atoms with E-state index in [1.807, 2.05) is 0 Å². The van der Waals surface area contributed by atoms with Crippen molar-refractivity contribution in [1.82, 2.24) is 9.80 Å². The third-order valence-corrected chi connectivity index (χ3v) is 3.24. The molecule has 2 N–H and O–H groups in total. The number of rotatable bonds is 5. The minimum absolute atomic E-state index is 0.743. The number of hydrogen-bond donors (Lipinski definition) is 1. The van der Waals surface area contributed by atoms with Crippen LogP contribution in [-0.2, 0) is 0 Å². The van der Waals surface area contributed by atoms with Crippen LogP contribution in [0.4, 0.5) is 0 Å². The highest BCUT2D eigenvalue weighted by Crippen LogP contribution is 2.19. The number of nitrogens with zero attached hydrogens (tertiary/aromatic N) is 2. The highest BCUT2D eigenvalue weighted by atomic mass is 15.2. The lowest BCUT2D eigenvalue weighted by molar-refractivity contribution is 0.251. The van der Waals surface area contributed by atoms with E-state index in [0.29, 0.717) is 0 Å². The lowest BCUT2D eigenvalue weighted by Gasteiger charge is -2.22. The number of hydrogen-bond acceptors (Lipinski definition) is 3. The quantitative estimate of drug-likeness (QED) is 0.658. The molecule has 3 nitrogen and oxygen atoms in total. The normalized spacial score (nSPS) is 28.9. The Morgan fingerprint density at radius 2 is 2.00 bits per heavy atom. The molecule has 2 unspecified atom stereocenters. The number of likely N-dealkylation sites (N-methyl/N-ethyl adjacent to an activating group) is 1. The summed E-state index contributed by atoms with van der Waals surface area (Å²) in [5.74, 6) is 0.808. The van der Waals surface area contributed by atoms with Crippen molar-refractivity contribution in [2.45, 2.75) is 25.8 Å². The van der Waals surface area contributed by atoms with E-state index in [4.69, 9.17) is 5.73 Å². The van der Waals surface area contributed by atoms with Gasteiger partial charge in [0.15, 0.2) is 0 Å². The molecule has 3 heteroatoms. The molecular formula is C11H25N3. The molecule has 1 fully saturated rings. The van der Waals surface area contributed by atoms with Crippen LogP contribution in [0.3, 0.4) is 0 Å². The maximum Gasteiger partial charge on any atom is 0.0254 e. The molecule has 0 saturated carbocycles. The molecule has 1 saturated heterocycles. The van der Waals surface area contributed by atoms with Crippen molar-refractivity contribution in [3.63, 3.8) is 0 Å². The Balaban J connectivity index is 2.24. The molecule has 0 aromatic heterocycles. The minimum Gasteiger partial charge on any atom is -0.330 e. The summed E-state index contributed by atoms with van der Waals surface area (Å²) in [5, 5.41) is 0. The molecule has 0 spiro atoms. The van der Waals surface area contributed by atoms with Crippen LogP contribution < -0.4 is 5.73 Å². The summed E-state index contributed by atoms with van der Waals surface area (Å²) in [7, 11) is 4.37. The van der Waals surface area contributed by atoms with Crippen LogP contribution in [0.5, 0.6) is 0 Å². The summed E-state index contributed by atoms with van der Waals surface area (Å²) in [4.78, 5) is 4.93. The van der Waals surface area contributed by atoms with Crippen LogP contribution in [0.2, 0.25) is 0 Å². The zero-order chi connectivity index (χ0) is 10.6. The van der Waals surface area contributed by atoms with E-state index >= 15 is 0 Å². The van der Waals surface area contributed by atoms with Gasteiger partial charge in [-0.3, -0.25) is 0 Å². The van der Waals surface area contributed by atoms with Gasteiger partial charge in [-0.25, -0.2) is 0 Å². The van der Waals surface area contributed by atoms with E-state index in [0.717, 1.165) is 24.9 Å². The average molecular weight is 199 g/mol. The van der Waals surface area contributed by atoms with Crippen molar-refractivity contribution in [3.8, 4) is 0 Å². The molecule has 0 amide bonds. The zero-order valence-corrected chi connectivity index (χ0v) is 9.87. The number of likely N-dealkylation sites (tertiary alicyclic amines) is 1. The number of unbranched alkanes of at least 4 members (excludes halogenated alkanes) is 1. The second kappa shape index (κ2) is 5.69. The first-order valence-electron chi connectivity index (χ1n) is 5.74. The number of nitrogens with two attached hydrogens (primary N) is 1. The highest BCUT2D eigenvalue weighted by Gasteiger charge is 2.30. The topological polar surface area (TPSA) is 32.5 Å². The van der Waals surface area contributed by atoms with Crippen LogP contribution in [0.25, 0.3) is 0 Å². The van der Waals surface area contributed by atoms with Gasteiger partial charge in [-0.05, 0) is 45.9 Å². The Bertz CT molecular complexity index is 159. The van der Waals surface area contributed by atoms with Crippen LogP contribution in [-0.4, -0.2) is 56.1 Å². The summed E-state index contributed by atoms with van der Waals surface area (Å²) in [5.41, 5.74) is 5.49. The Kier molecular flexibility index (Phi) is 4.85. The molecule has 1 aliphatic heterocycles. The Hall–Kier alpha value is -0.120. The SMILES string of the molecule is CC1CN(CCCCN)CC1N(C)C. The molecule has 14 heavy (non-hydrogen) atoms. The summed E-state index contributed by atoms with van der Waals surface area (Å²) in [6.45, 7) is 6.91. The lowest BCUT2D eigenvalue weighted by Crippen LogP contribution is -2.34. The van der Waals surface area contributed by atoms with Gasteiger partial charge in [-0.2, -0.15) is 0 Å². The van der Waals surface area contributed by atoms with E-state index < -0.39 is 0 Å². The standard InChI is InChI=1S/C11H25N3/c1-10-8-14(7-5-4-6-12)9-11(10)13(2)3/h10-11H,4-9,12H2,1-3H3. The predicted molar refractivity (Wildman–Crippen MR) is 61.4 cm³/mol. The van der Waals surface area contributed by atoms with Gasteiger partial charge >= 0.3 is 0 Å². The van der Waals surface area contributed by atoms with Gasteiger partial charge in [0, 0.05) is 19.1 Å². The van der Waals surface area contributed by atoms with E-state index in [9.17, 15) is 0 Å². The minimum atomic E-state index is 0.743. The van der Waals surface area contributed by atoms with E-state index in [1.54, 1.807) is 0 Å². The fourth-order valence-electron chi connectivity index (χ4n) is 2.38.